The molecule has 0 aliphatic heterocycles. The normalized spacial score (nSPS) is 24.1. The number of hydrogen-bond acceptors (Lipinski definition) is 3. The van der Waals surface area contributed by atoms with Crippen LogP contribution in [0.15, 0.2) is 0 Å². The van der Waals surface area contributed by atoms with Gasteiger partial charge in [0.2, 0.25) is 0 Å². The SMILES string of the molecule is CCN(CC(=O)O)C(=O)NC1CCCCC1O. The third-order valence-corrected chi connectivity index (χ3v) is 3.03. The third-order valence-electron chi connectivity index (χ3n) is 3.03. The molecular formula is C11H20N2O4. The number of likely N-dealkylation sites (N-methyl/N-ethyl adjacent to an activating group) is 1. The molecule has 2 amide bonds. The Balaban J connectivity index is 2.47. The molecule has 6 nitrogen and oxygen atoms in total. The van der Waals surface area contributed by atoms with E-state index in [1.54, 1.807) is 6.92 Å². The first-order chi connectivity index (χ1) is 8.04. The van der Waals surface area contributed by atoms with Gasteiger partial charge < -0.3 is 20.4 Å². The molecule has 1 aliphatic rings. The van der Waals surface area contributed by atoms with E-state index in [1.807, 2.05) is 0 Å². The number of nitrogens with zero attached hydrogens (tertiary/aromatic N) is 1. The molecule has 0 aromatic carbocycles. The van der Waals surface area contributed by atoms with Crippen LogP contribution in [-0.4, -0.2) is 52.3 Å². The highest BCUT2D eigenvalue weighted by Gasteiger charge is 2.26. The van der Waals surface area contributed by atoms with Gasteiger partial charge in [0.1, 0.15) is 6.54 Å². The molecule has 2 unspecified atom stereocenters. The zero-order valence-corrected chi connectivity index (χ0v) is 10.1. The average Bonchev–Trinajstić information content (AvgIpc) is 2.28. The number of aliphatic hydroxyl groups excluding tert-OH is 1. The number of carboxylic acid groups (broad SMARTS) is 1. The topological polar surface area (TPSA) is 89.9 Å². The van der Waals surface area contributed by atoms with Gasteiger partial charge in [-0.05, 0) is 19.8 Å². The zero-order chi connectivity index (χ0) is 12.8. The molecule has 98 valence electrons. The Bertz CT molecular complexity index is 283. The predicted molar refractivity (Wildman–Crippen MR) is 61.7 cm³/mol. The number of aliphatic hydroxyl groups is 1. The van der Waals surface area contributed by atoms with Gasteiger partial charge in [-0.25, -0.2) is 4.79 Å². The number of urea groups is 1. The monoisotopic (exact) mass is 244 g/mol. The second-order valence-corrected chi connectivity index (χ2v) is 4.32. The summed E-state index contributed by atoms with van der Waals surface area (Å²) in [6, 6.07) is -0.667. The van der Waals surface area contributed by atoms with Crippen LogP contribution >= 0.6 is 0 Å². The highest BCUT2D eigenvalue weighted by Crippen LogP contribution is 2.18. The lowest BCUT2D eigenvalue weighted by molar-refractivity contribution is -0.137. The maximum atomic E-state index is 11.8. The van der Waals surface area contributed by atoms with E-state index in [4.69, 9.17) is 5.11 Å². The minimum atomic E-state index is -1.04. The number of amides is 2. The molecule has 0 aromatic rings. The highest BCUT2D eigenvalue weighted by atomic mass is 16.4. The molecule has 0 radical (unpaired) electrons. The molecule has 3 N–H and O–H groups in total. The first-order valence-corrected chi connectivity index (χ1v) is 6.00. The molecule has 6 heteroatoms. The summed E-state index contributed by atoms with van der Waals surface area (Å²) in [6.07, 6.45) is 2.87. The Labute approximate surface area is 101 Å². The molecule has 17 heavy (non-hydrogen) atoms. The molecule has 1 saturated carbocycles. The van der Waals surface area contributed by atoms with Crippen LogP contribution in [0.1, 0.15) is 32.6 Å². The largest absolute Gasteiger partial charge is 0.480 e. The molecule has 2 atom stereocenters. The van der Waals surface area contributed by atoms with Crippen molar-refractivity contribution in [3.8, 4) is 0 Å². The van der Waals surface area contributed by atoms with Gasteiger partial charge in [0.25, 0.3) is 0 Å². The minimum absolute atomic E-state index is 0.251. The van der Waals surface area contributed by atoms with Gasteiger partial charge in [-0.15, -0.1) is 0 Å². The number of carboxylic acids is 1. The summed E-state index contributed by atoms with van der Waals surface area (Å²) in [5.41, 5.74) is 0. The van der Waals surface area contributed by atoms with Gasteiger partial charge >= 0.3 is 12.0 Å². The fourth-order valence-corrected chi connectivity index (χ4v) is 2.02. The highest BCUT2D eigenvalue weighted by molar-refractivity contribution is 5.80. The van der Waals surface area contributed by atoms with Crippen molar-refractivity contribution < 1.29 is 19.8 Å². The minimum Gasteiger partial charge on any atom is -0.480 e. The van der Waals surface area contributed by atoms with Crippen molar-refractivity contribution in [1.29, 1.82) is 0 Å². The second-order valence-electron chi connectivity index (χ2n) is 4.32. The summed E-state index contributed by atoms with van der Waals surface area (Å²) in [4.78, 5) is 23.5. The van der Waals surface area contributed by atoms with Gasteiger partial charge in [-0.2, -0.15) is 0 Å². The van der Waals surface area contributed by atoms with Crippen molar-refractivity contribution in [3.63, 3.8) is 0 Å². The van der Waals surface area contributed by atoms with E-state index in [1.165, 1.54) is 4.90 Å². The van der Waals surface area contributed by atoms with Gasteiger partial charge in [0.15, 0.2) is 0 Å². The fraction of sp³-hybridized carbons (Fsp3) is 0.818. The summed E-state index contributed by atoms with van der Waals surface area (Å²) in [5.74, 6) is -1.04. The van der Waals surface area contributed by atoms with Gasteiger partial charge in [-0.3, -0.25) is 4.79 Å². The van der Waals surface area contributed by atoms with Crippen LogP contribution < -0.4 is 5.32 Å². The van der Waals surface area contributed by atoms with E-state index in [9.17, 15) is 14.7 Å². The Morgan fingerprint density at radius 1 is 1.35 bits per heavy atom. The Hall–Kier alpha value is -1.30. The molecule has 0 spiro atoms. The third kappa shape index (κ3) is 4.22. The maximum Gasteiger partial charge on any atom is 0.323 e. The van der Waals surface area contributed by atoms with Crippen LogP contribution in [0, 0.1) is 0 Å². The Kier molecular flexibility index (Phi) is 5.21. The van der Waals surface area contributed by atoms with Crippen LogP contribution in [0.25, 0.3) is 0 Å². The molecule has 0 bridgehead atoms. The second kappa shape index (κ2) is 6.44. The van der Waals surface area contributed by atoms with Crippen LogP contribution in [0.4, 0.5) is 4.79 Å². The standard InChI is InChI=1S/C11H20N2O4/c1-2-13(7-10(15)16)11(17)12-8-5-3-4-6-9(8)14/h8-9,14H,2-7H2,1H3,(H,12,17)(H,15,16). The average molecular weight is 244 g/mol. The predicted octanol–water partition coefficient (Wildman–Crippen LogP) is 0.406. The number of rotatable bonds is 4. The smallest absolute Gasteiger partial charge is 0.323 e. The van der Waals surface area contributed by atoms with Crippen LogP contribution in [0.3, 0.4) is 0 Å². The Morgan fingerprint density at radius 2 is 2.00 bits per heavy atom. The summed E-state index contributed by atoms with van der Waals surface area (Å²) in [7, 11) is 0. The van der Waals surface area contributed by atoms with E-state index < -0.39 is 18.1 Å². The van der Waals surface area contributed by atoms with E-state index >= 15 is 0 Å². The van der Waals surface area contributed by atoms with Crippen LogP contribution in [-0.2, 0) is 4.79 Å². The molecule has 1 rings (SSSR count). The number of carbonyl (C=O) groups excluding carboxylic acids is 1. The number of hydrogen-bond donors (Lipinski definition) is 3. The van der Waals surface area contributed by atoms with E-state index in [2.05, 4.69) is 5.32 Å². The lowest BCUT2D eigenvalue weighted by atomic mass is 9.93. The molecule has 0 aromatic heterocycles. The van der Waals surface area contributed by atoms with Crippen molar-refractivity contribution in [1.82, 2.24) is 10.2 Å². The van der Waals surface area contributed by atoms with Crippen LogP contribution in [0.5, 0.6) is 0 Å². The lowest BCUT2D eigenvalue weighted by Gasteiger charge is -2.30. The molecule has 1 aliphatic carbocycles. The molecule has 0 saturated heterocycles. The summed E-state index contributed by atoms with van der Waals surface area (Å²) >= 11 is 0. The maximum absolute atomic E-state index is 11.8. The van der Waals surface area contributed by atoms with Crippen molar-refractivity contribution >= 4 is 12.0 Å². The first kappa shape index (κ1) is 13.8. The summed E-state index contributed by atoms with van der Waals surface area (Å²) in [6.45, 7) is 1.74. The van der Waals surface area contributed by atoms with Crippen LogP contribution in [0.2, 0.25) is 0 Å². The zero-order valence-electron chi connectivity index (χ0n) is 10.1. The van der Waals surface area contributed by atoms with E-state index in [0.717, 1.165) is 19.3 Å². The molecule has 0 heterocycles. The number of aliphatic carboxylic acids is 1. The molecular weight excluding hydrogens is 224 g/mol. The lowest BCUT2D eigenvalue weighted by Crippen LogP contribution is -2.51. The van der Waals surface area contributed by atoms with Crippen molar-refractivity contribution in [3.05, 3.63) is 0 Å². The van der Waals surface area contributed by atoms with Gasteiger partial charge in [0, 0.05) is 6.54 Å². The number of nitrogens with one attached hydrogen (secondary N) is 1. The van der Waals surface area contributed by atoms with Crippen molar-refractivity contribution in [2.24, 2.45) is 0 Å². The summed E-state index contributed by atoms with van der Waals surface area (Å²) in [5, 5.41) is 21.1. The summed E-state index contributed by atoms with van der Waals surface area (Å²) < 4.78 is 0. The van der Waals surface area contributed by atoms with Crippen molar-refractivity contribution in [2.75, 3.05) is 13.1 Å². The first-order valence-electron chi connectivity index (χ1n) is 6.00. The van der Waals surface area contributed by atoms with Gasteiger partial charge in [-0.1, -0.05) is 12.8 Å². The molecule has 1 fully saturated rings. The number of carbonyl (C=O) groups is 2. The quantitative estimate of drug-likeness (QED) is 0.668. The fourth-order valence-electron chi connectivity index (χ4n) is 2.02. The Morgan fingerprint density at radius 3 is 2.53 bits per heavy atom. The van der Waals surface area contributed by atoms with Gasteiger partial charge in [0.05, 0.1) is 12.1 Å². The van der Waals surface area contributed by atoms with Crippen molar-refractivity contribution in [2.45, 2.75) is 44.8 Å². The van der Waals surface area contributed by atoms with E-state index in [0.29, 0.717) is 13.0 Å². The van der Waals surface area contributed by atoms with E-state index in [-0.39, 0.29) is 12.6 Å².